The maximum atomic E-state index is 12.2. The van der Waals surface area contributed by atoms with Gasteiger partial charge in [0.25, 0.3) is 17.4 Å². The number of hydrogen-bond donors (Lipinski definition) is 3. The zero-order valence-electron chi connectivity index (χ0n) is 14.8. The predicted molar refractivity (Wildman–Crippen MR) is 98.1 cm³/mol. The second kappa shape index (κ2) is 8.82. The molecule has 30 heavy (non-hydrogen) atoms. The van der Waals surface area contributed by atoms with Gasteiger partial charge in [0.2, 0.25) is 17.5 Å². The van der Waals surface area contributed by atoms with Gasteiger partial charge in [-0.15, -0.1) is 5.11 Å². The molecule has 3 aromatic rings. The average Bonchev–Trinajstić information content (AvgIpc) is 3.33. The zero-order valence-corrected chi connectivity index (χ0v) is 14.8. The molecule has 0 fully saturated rings. The van der Waals surface area contributed by atoms with E-state index in [4.69, 9.17) is 11.5 Å². The maximum Gasteiger partial charge on any atom is 0.269 e. The van der Waals surface area contributed by atoms with Gasteiger partial charge in [0.1, 0.15) is 6.54 Å². The number of amides is 1. The van der Waals surface area contributed by atoms with E-state index < -0.39 is 17.4 Å². The third-order valence-corrected chi connectivity index (χ3v) is 3.28. The molecule has 5 N–H and O–H groups in total. The van der Waals surface area contributed by atoms with E-state index >= 15 is 0 Å². The van der Waals surface area contributed by atoms with E-state index in [1.165, 1.54) is 30.5 Å². The van der Waals surface area contributed by atoms with Crippen LogP contribution in [0.1, 0.15) is 5.56 Å². The van der Waals surface area contributed by atoms with Crippen LogP contribution in [0.15, 0.2) is 49.0 Å². The number of benzene rings is 1. The number of rotatable bonds is 8. The fourth-order valence-corrected chi connectivity index (χ4v) is 1.91. The molecule has 0 aliphatic rings. The highest BCUT2D eigenvalue weighted by molar-refractivity contribution is 5.84. The summed E-state index contributed by atoms with van der Waals surface area (Å²) in [5, 5.41) is 36.5. The minimum atomic E-state index is -0.638. The van der Waals surface area contributed by atoms with Crippen molar-refractivity contribution in [2.45, 2.75) is 0 Å². The first-order valence-corrected chi connectivity index (χ1v) is 7.85. The van der Waals surface area contributed by atoms with Gasteiger partial charge in [0.15, 0.2) is 0 Å². The Balaban J connectivity index is 1.65. The quantitative estimate of drug-likeness (QED) is 0.193. The Morgan fingerprint density at radius 3 is 2.47 bits per heavy atom. The van der Waals surface area contributed by atoms with Crippen LogP contribution in [0.5, 0.6) is 0 Å². The lowest BCUT2D eigenvalue weighted by molar-refractivity contribution is -0.384. The molecule has 1 amide bonds. The van der Waals surface area contributed by atoms with Gasteiger partial charge in [-0.25, -0.2) is 19.7 Å². The molecule has 0 unspecified atom stereocenters. The molecular weight excluding hydrogens is 404 g/mol. The van der Waals surface area contributed by atoms with E-state index in [1.807, 2.05) is 0 Å². The Morgan fingerprint density at radius 2 is 1.87 bits per heavy atom. The molecular formula is C13H12N12O5. The second-order valence-corrected chi connectivity index (χ2v) is 5.34. The van der Waals surface area contributed by atoms with E-state index in [0.29, 0.717) is 5.56 Å². The Morgan fingerprint density at radius 1 is 1.17 bits per heavy atom. The normalized spacial score (nSPS) is 11.2. The molecule has 0 saturated carbocycles. The molecule has 3 rings (SSSR count). The molecule has 1 aromatic carbocycles. The highest BCUT2D eigenvalue weighted by Crippen LogP contribution is 2.21. The van der Waals surface area contributed by atoms with Crippen molar-refractivity contribution in [3.63, 3.8) is 0 Å². The number of aromatic nitrogens is 4. The van der Waals surface area contributed by atoms with Crippen molar-refractivity contribution in [1.82, 2.24) is 26.1 Å². The van der Waals surface area contributed by atoms with Gasteiger partial charge in [0, 0.05) is 12.1 Å². The van der Waals surface area contributed by atoms with Crippen molar-refractivity contribution in [2.75, 3.05) is 23.0 Å². The number of nitrogens with one attached hydrogen (secondary N) is 1. The Labute approximate surface area is 165 Å². The summed E-state index contributed by atoms with van der Waals surface area (Å²) >= 11 is 0. The van der Waals surface area contributed by atoms with E-state index in [-0.39, 0.29) is 29.0 Å². The molecule has 0 bridgehead atoms. The van der Waals surface area contributed by atoms with Crippen LogP contribution < -0.4 is 21.9 Å². The molecule has 0 aliphatic carbocycles. The minimum Gasteiger partial charge on any atom is -0.378 e. The van der Waals surface area contributed by atoms with Crippen LogP contribution in [0.2, 0.25) is 0 Å². The number of carbonyl (C=O) groups excluding carboxylic acids is 1. The van der Waals surface area contributed by atoms with Crippen molar-refractivity contribution >= 4 is 41.1 Å². The number of nitro benzene ring substituents is 1. The second-order valence-electron chi connectivity index (χ2n) is 5.34. The summed E-state index contributed by atoms with van der Waals surface area (Å²) < 4.78 is 8.87. The standard InChI is InChI=1S/C13H12N12O5/c14-10-12(21-29-19-10)18-23-24(13-11(15)20-30-22-13)6-9(26)17-16-5-7-1-3-8(4-2-7)25(27)28/h1-5H,6H2,(H2,14,19)(H2,15,20)(H,17,26). The lowest BCUT2D eigenvalue weighted by Crippen LogP contribution is -2.32. The van der Waals surface area contributed by atoms with E-state index in [0.717, 1.165) is 5.01 Å². The summed E-state index contributed by atoms with van der Waals surface area (Å²) in [6, 6.07) is 5.53. The molecule has 0 aliphatic heterocycles. The number of nitro groups is 1. The Kier molecular flexibility index (Phi) is 5.82. The Bertz CT molecular complexity index is 1090. The first kappa shape index (κ1) is 19.8. The number of nitrogen functional groups attached to an aromatic ring is 2. The third kappa shape index (κ3) is 4.85. The highest BCUT2D eigenvalue weighted by atomic mass is 16.6. The van der Waals surface area contributed by atoms with Crippen LogP contribution in [0.25, 0.3) is 0 Å². The summed E-state index contributed by atoms with van der Waals surface area (Å²) in [5.74, 6) is -1.14. The van der Waals surface area contributed by atoms with Crippen LogP contribution in [-0.2, 0) is 4.79 Å². The molecule has 17 heteroatoms. The van der Waals surface area contributed by atoms with Crippen molar-refractivity contribution in [2.24, 2.45) is 15.4 Å². The van der Waals surface area contributed by atoms with Crippen LogP contribution in [0, 0.1) is 10.1 Å². The van der Waals surface area contributed by atoms with E-state index in [1.54, 1.807) is 0 Å². The smallest absolute Gasteiger partial charge is 0.269 e. The van der Waals surface area contributed by atoms with Crippen molar-refractivity contribution < 1.29 is 19.0 Å². The molecule has 154 valence electrons. The molecule has 0 saturated heterocycles. The summed E-state index contributed by atoms with van der Waals surface area (Å²) in [5.41, 5.74) is 13.8. The number of nitrogens with zero attached hydrogens (tertiary/aromatic N) is 9. The van der Waals surface area contributed by atoms with Crippen molar-refractivity contribution in [3.8, 4) is 0 Å². The van der Waals surface area contributed by atoms with Gasteiger partial charge in [-0.05, 0) is 38.3 Å². The summed E-state index contributed by atoms with van der Waals surface area (Å²) in [6.07, 6.45) is 1.29. The molecule has 0 spiro atoms. The number of non-ortho nitro benzene ring substituents is 1. The van der Waals surface area contributed by atoms with Crippen LogP contribution >= 0.6 is 0 Å². The summed E-state index contributed by atoms with van der Waals surface area (Å²) in [4.78, 5) is 22.3. The SMILES string of the molecule is Nc1nonc1N=NN(CC(=O)NN=Cc1ccc([N+](=O)[O-])cc1)c1nonc1N. The lowest BCUT2D eigenvalue weighted by atomic mass is 10.2. The third-order valence-electron chi connectivity index (χ3n) is 3.28. The lowest BCUT2D eigenvalue weighted by Gasteiger charge is -2.12. The van der Waals surface area contributed by atoms with E-state index in [9.17, 15) is 14.9 Å². The number of hydrazone groups is 1. The fraction of sp³-hybridized carbons (Fsp3) is 0.0769. The maximum absolute atomic E-state index is 12.2. The van der Waals surface area contributed by atoms with Gasteiger partial charge in [-0.3, -0.25) is 14.9 Å². The molecule has 2 aromatic heterocycles. The molecule has 17 nitrogen and oxygen atoms in total. The van der Waals surface area contributed by atoms with Gasteiger partial charge >= 0.3 is 0 Å². The van der Waals surface area contributed by atoms with Gasteiger partial charge in [-0.2, -0.15) is 5.10 Å². The number of nitrogens with two attached hydrogens (primary N) is 2. The minimum absolute atomic E-state index is 0.0704. The molecule has 0 radical (unpaired) electrons. The number of hydrogen-bond acceptors (Lipinski definition) is 14. The summed E-state index contributed by atoms with van der Waals surface area (Å²) in [7, 11) is 0. The van der Waals surface area contributed by atoms with Crippen molar-refractivity contribution in [1.29, 1.82) is 0 Å². The van der Waals surface area contributed by atoms with Crippen LogP contribution in [0.3, 0.4) is 0 Å². The van der Waals surface area contributed by atoms with Crippen LogP contribution in [0.4, 0.5) is 29.0 Å². The zero-order chi connectivity index (χ0) is 21.5. The average molecular weight is 416 g/mol. The van der Waals surface area contributed by atoms with Crippen molar-refractivity contribution in [3.05, 3.63) is 39.9 Å². The van der Waals surface area contributed by atoms with Gasteiger partial charge in [-0.1, -0.05) is 5.22 Å². The van der Waals surface area contributed by atoms with E-state index in [2.05, 4.69) is 50.7 Å². The monoisotopic (exact) mass is 416 g/mol. The largest absolute Gasteiger partial charge is 0.378 e. The first-order valence-electron chi connectivity index (χ1n) is 7.85. The number of carbonyl (C=O) groups is 1. The molecule has 2 heterocycles. The topological polar surface area (TPSA) is 242 Å². The van der Waals surface area contributed by atoms with Gasteiger partial charge in [0.05, 0.1) is 11.1 Å². The summed E-state index contributed by atoms with van der Waals surface area (Å²) in [6.45, 7) is -0.440. The number of anilines is 3. The predicted octanol–water partition coefficient (Wildman–Crippen LogP) is 0.181. The first-order chi connectivity index (χ1) is 14.4. The molecule has 0 atom stereocenters. The Hall–Kier alpha value is -4.96. The fourth-order valence-electron chi connectivity index (χ4n) is 1.91. The van der Waals surface area contributed by atoms with Crippen LogP contribution in [-0.4, -0.2) is 44.2 Å². The van der Waals surface area contributed by atoms with Gasteiger partial charge < -0.3 is 11.5 Å². The highest BCUT2D eigenvalue weighted by Gasteiger charge is 2.19.